The lowest BCUT2D eigenvalue weighted by molar-refractivity contribution is 0.0697. The van der Waals surface area contributed by atoms with Crippen LogP contribution in [0.15, 0.2) is 0 Å². The van der Waals surface area contributed by atoms with Gasteiger partial charge in [-0.25, -0.2) is 4.79 Å². The molecule has 0 aliphatic carbocycles. The average Bonchev–Trinajstić information content (AvgIpc) is 2.78. The lowest BCUT2D eigenvalue weighted by Gasteiger charge is -2.32. The molecule has 1 unspecified atom stereocenters. The third-order valence-corrected chi connectivity index (χ3v) is 4.54. The van der Waals surface area contributed by atoms with Crippen LogP contribution >= 0.6 is 11.5 Å². The van der Waals surface area contributed by atoms with Gasteiger partial charge in [0.2, 0.25) is 0 Å². The van der Waals surface area contributed by atoms with Crippen LogP contribution in [0.1, 0.15) is 42.2 Å². The molecule has 0 radical (unpaired) electrons. The first-order valence-electron chi connectivity index (χ1n) is 6.77. The zero-order valence-electron chi connectivity index (χ0n) is 11.5. The second kappa shape index (κ2) is 6.34. The number of anilines is 1. The number of aromatic nitrogens is 1. The SMILES string of the molecule is Cc1nsc(NCC(C)N2CCCCC2)c1C(=O)O. The number of rotatable bonds is 5. The van der Waals surface area contributed by atoms with Crippen LogP contribution in [0.3, 0.4) is 0 Å². The van der Waals surface area contributed by atoms with E-state index in [0.717, 1.165) is 19.6 Å². The molecule has 1 aromatic rings. The predicted octanol–water partition coefficient (Wildman–Crippen LogP) is 2.44. The van der Waals surface area contributed by atoms with E-state index < -0.39 is 5.97 Å². The molecule has 0 spiro atoms. The maximum atomic E-state index is 11.2. The van der Waals surface area contributed by atoms with Crippen molar-refractivity contribution >= 4 is 22.5 Å². The Kier molecular flexibility index (Phi) is 4.76. The van der Waals surface area contributed by atoms with Crippen LogP contribution < -0.4 is 5.32 Å². The van der Waals surface area contributed by atoms with Gasteiger partial charge in [0.15, 0.2) is 0 Å². The number of hydrogen-bond acceptors (Lipinski definition) is 5. The first-order chi connectivity index (χ1) is 9.09. The van der Waals surface area contributed by atoms with Gasteiger partial charge in [-0.05, 0) is 51.3 Å². The number of nitrogens with one attached hydrogen (secondary N) is 1. The smallest absolute Gasteiger partial charge is 0.340 e. The highest BCUT2D eigenvalue weighted by atomic mass is 32.1. The van der Waals surface area contributed by atoms with Gasteiger partial charge in [0.25, 0.3) is 0 Å². The fourth-order valence-electron chi connectivity index (χ4n) is 2.47. The maximum Gasteiger partial charge on any atom is 0.340 e. The van der Waals surface area contributed by atoms with Crippen LogP contribution in [0.5, 0.6) is 0 Å². The van der Waals surface area contributed by atoms with E-state index in [1.54, 1.807) is 6.92 Å². The van der Waals surface area contributed by atoms with E-state index in [0.29, 0.717) is 22.3 Å². The summed E-state index contributed by atoms with van der Waals surface area (Å²) in [6, 6.07) is 0.421. The minimum absolute atomic E-state index is 0.316. The summed E-state index contributed by atoms with van der Waals surface area (Å²) < 4.78 is 4.11. The van der Waals surface area contributed by atoms with Gasteiger partial charge in [-0.2, -0.15) is 4.37 Å². The van der Waals surface area contributed by atoms with Crippen molar-refractivity contribution in [1.82, 2.24) is 9.27 Å². The van der Waals surface area contributed by atoms with Crippen molar-refractivity contribution < 1.29 is 9.90 Å². The number of hydrogen-bond donors (Lipinski definition) is 2. The van der Waals surface area contributed by atoms with Crippen LogP contribution in [-0.4, -0.2) is 46.0 Å². The normalized spacial score (nSPS) is 18.2. The van der Waals surface area contributed by atoms with Crippen molar-refractivity contribution in [2.75, 3.05) is 25.0 Å². The number of nitrogens with zero attached hydrogens (tertiary/aromatic N) is 2. The molecule has 0 bridgehead atoms. The molecule has 5 nitrogen and oxygen atoms in total. The molecule has 2 heterocycles. The molecule has 2 N–H and O–H groups in total. The molecule has 0 saturated carbocycles. The van der Waals surface area contributed by atoms with Crippen LogP contribution in [0.25, 0.3) is 0 Å². The van der Waals surface area contributed by atoms with E-state index in [9.17, 15) is 4.79 Å². The summed E-state index contributed by atoms with van der Waals surface area (Å²) in [5.74, 6) is -0.903. The van der Waals surface area contributed by atoms with Crippen molar-refractivity contribution in [3.05, 3.63) is 11.3 Å². The standard InChI is InChI=1S/C13H21N3O2S/c1-9(16-6-4-3-5-7-16)8-14-12-11(13(17)18)10(2)15-19-12/h9,14H,3-8H2,1-2H3,(H,17,18). The van der Waals surface area contributed by atoms with Crippen molar-refractivity contribution in [3.8, 4) is 0 Å². The summed E-state index contributed by atoms with van der Waals surface area (Å²) in [5.41, 5.74) is 0.904. The number of aryl methyl sites for hydroxylation is 1. The van der Waals surface area contributed by atoms with Crippen molar-refractivity contribution in [3.63, 3.8) is 0 Å². The molecule has 106 valence electrons. The van der Waals surface area contributed by atoms with E-state index in [-0.39, 0.29) is 0 Å². The molecule has 0 aromatic carbocycles. The minimum atomic E-state index is -0.903. The summed E-state index contributed by atoms with van der Waals surface area (Å²) in [6.07, 6.45) is 3.86. The molecule has 1 aromatic heterocycles. The number of piperidine rings is 1. The Morgan fingerprint density at radius 1 is 1.47 bits per heavy atom. The topological polar surface area (TPSA) is 65.5 Å². The first-order valence-corrected chi connectivity index (χ1v) is 7.54. The van der Waals surface area contributed by atoms with Crippen LogP contribution in [-0.2, 0) is 0 Å². The molecule has 1 aliphatic heterocycles. The summed E-state index contributed by atoms with van der Waals surface area (Å²) in [6.45, 7) is 6.99. The third-order valence-electron chi connectivity index (χ3n) is 3.65. The van der Waals surface area contributed by atoms with Crippen LogP contribution in [0.2, 0.25) is 0 Å². The van der Waals surface area contributed by atoms with Gasteiger partial charge in [-0.3, -0.25) is 4.90 Å². The Labute approximate surface area is 117 Å². The van der Waals surface area contributed by atoms with Gasteiger partial charge in [-0.15, -0.1) is 0 Å². The molecule has 2 rings (SSSR count). The van der Waals surface area contributed by atoms with E-state index in [4.69, 9.17) is 5.11 Å². The summed E-state index contributed by atoms with van der Waals surface area (Å²) in [4.78, 5) is 13.6. The lowest BCUT2D eigenvalue weighted by atomic mass is 10.1. The predicted molar refractivity (Wildman–Crippen MR) is 77.2 cm³/mol. The lowest BCUT2D eigenvalue weighted by Crippen LogP contribution is -2.41. The van der Waals surface area contributed by atoms with E-state index in [2.05, 4.69) is 21.5 Å². The molecular formula is C13H21N3O2S. The third kappa shape index (κ3) is 3.45. The van der Waals surface area contributed by atoms with Gasteiger partial charge in [0.1, 0.15) is 10.6 Å². The first kappa shape index (κ1) is 14.3. The van der Waals surface area contributed by atoms with Gasteiger partial charge in [0.05, 0.1) is 5.69 Å². The number of likely N-dealkylation sites (tertiary alicyclic amines) is 1. The molecule has 1 fully saturated rings. The molecule has 6 heteroatoms. The number of carbonyl (C=O) groups is 1. The zero-order valence-corrected chi connectivity index (χ0v) is 12.3. The van der Waals surface area contributed by atoms with Gasteiger partial charge in [0, 0.05) is 12.6 Å². The largest absolute Gasteiger partial charge is 0.478 e. The Morgan fingerprint density at radius 2 is 2.16 bits per heavy atom. The van der Waals surface area contributed by atoms with Gasteiger partial charge >= 0.3 is 5.97 Å². The Balaban J connectivity index is 1.93. The molecule has 0 amide bonds. The molecule has 19 heavy (non-hydrogen) atoms. The Bertz CT molecular complexity index is 441. The van der Waals surface area contributed by atoms with Crippen molar-refractivity contribution in [1.29, 1.82) is 0 Å². The Morgan fingerprint density at radius 3 is 2.79 bits per heavy atom. The fourth-order valence-corrected chi connectivity index (χ4v) is 3.26. The minimum Gasteiger partial charge on any atom is -0.478 e. The van der Waals surface area contributed by atoms with E-state index in [1.807, 2.05) is 0 Å². The average molecular weight is 283 g/mol. The molecule has 1 atom stereocenters. The second-order valence-corrected chi connectivity index (χ2v) is 5.88. The van der Waals surface area contributed by atoms with E-state index in [1.165, 1.54) is 30.8 Å². The second-order valence-electron chi connectivity index (χ2n) is 5.10. The fraction of sp³-hybridized carbons (Fsp3) is 0.692. The number of carboxylic acid groups (broad SMARTS) is 1. The molecular weight excluding hydrogens is 262 g/mol. The quantitative estimate of drug-likeness (QED) is 0.869. The van der Waals surface area contributed by atoms with Crippen LogP contribution in [0.4, 0.5) is 5.00 Å². The maximum absolute atomic E-state index is 11.2. The van der Waals surface area contributed by atoms with Crippen molar-refractivity contribution in [2.45, 2.75) is 39.2 Å². The summed E-state index contributed by atoms with van der Waals surface area (Å²) in [5, 5.41) is 13.1. The highest BCUT2D eigenvalue weighted by Gasteiger charge is 2.20. The molecule has 1 saturated heterocycles. The number of aromatic carboxylic acids is 1. The van der Waals surface area contributed by atoms with E-state index >= 15 is 0 Å². The summed E-state index contributed by atoms with van der Waals surface area (Å²) in [7, 11) is 0. The summed E-state index contributed by atoms with van der Waals surface area (Å²) >= 11 is 1.23. The van der Waals surface area contributed by atoms with Gasteiger partial charge < -0.3 is 10.4 Å². The zero-order chi connectivity index (χ0) is 13.8. The molecule has 1 aliphatic rings. The highest BCUT2D eigenvalue weighted by molar-refractivity contribution is 7.10. The van der Waals surface area contributed by atoms with Crippen LogP contribution in [0, 0.1) is 6.92 Å². The van der Waals surface area contributed by atoms with Gasteiger partial charge in [-0.1, -0.05) is 6.42 Å². The monoisotopic (exact) mass is 283 g/mol. The number of carboxylic acids is 1. The Hall–Kier alpha value is -1.14. The van der Waals surface area contributed by atoms with Crippen molar-refractivity contribution in [2.24, 2.45) is 0 Å². The highest BCUT2D eigenvalue weighted by Crippen LogP contribution is 2.24.